The largest absolute Gasteiger partial charge is 0.320 e. The second-order valence-electron chi connectivity index (χ2n) is 5.12. The molecule has 2 rings (SSSR count). The van der Waals surface area contributed by atoms with Crippen molar-refractivity contribution in [2.24, 2.45) is 5.92 Å². The van der Waals surface area contributed by atoms with E-state index in [0.717, 1.165) is 12.5 Å². The number of hydrogen-bond donors (Lipinski definition) is 1. The van der Waals surface area contributed by atoms with Crippen molar-refractivity contribution in [3.8, 4) is 0 Å². The number of nitrogens with one attached hydrogen (secondary N) is 1. The Morgan fingerprint density at radius 1 is 1.33 bits per heavy atom. The van der Waals surface area contributed by atoms with Gasteiger partial charge >= 0.3 is 0 Å². The monoisotopic (exact) mass is 288 g/mol. The number of piperidine rings is 1. The first-order valence-corrected chi connectivity index (χ1v) is 7.52. The second kappa shape index (κ2) is 8.16. The molecule has 4 heteroatoms. The summed E-state index contributed by atoms with van der Waals surface area (Å²) in [7, 11) is 2.05. The highest BCUT2D eigenvalue weighted by Gasteiger charge is 2.18. The van der Waals surface area contributed by atoms with Crippen LogP contribution in [0.3, 0.4) is 0 Å². The van der Waals surface area contributed by atoms with Gasteiger partial charge in [-0.1, -0.05) is 0 Å². The minimum atomic E-state index is 0. The molecule has 0 bridgehead atoms. The van der Waals surface area contributed by atoms with Crippen LogP contribution in [0.5, 0.6) is 0 Å². The summed E-state index contributed by atoms with van der Waals surface area (Å²) < 4.78 is 0. The van der Waals surface area contributed by atoms with Gasteiger partial charge in [-0.2, -0.15) is 0 Å². The Morgan fingerprint density at radius 3 is 2.61 bits per heavy atom. The topological polar surface area (TPSA) is 15.3 Å². The zero-order valence-electron chi connectivity index (χ0n) is 11.4. The van der Waals surface area contributed by atoms with Crippen LogP contribution in [0.1, 0.15) is 29.0 Å². The number of rotatable bonds is 5. The number of thiophene rings is 1. The molecule has 0 saturated carbocycles. The fourth-order valence-corrected chi connectivity index (χ4v) is 3.51. The van der Waals surface area contributed by atoms with Gasteiger partial charge in [0.2, 0.25) is 0 Å². The average molecular weight is 289 g/mol. The Hall–Kier alpha value is -0.0900. The number of aryl methyl sites for hydroxylation is 1. The SMILES string of the molecule is CNCCC1CCN(Cc2ccc(C)s2)CC1.Cl. The Morgan fingerprint density at radius 2 is 2.06 bits per heavy atom. The van der Waals surface area contributed by atoms with E-state index in [4.69, 9.17) is 0 Å². The smallest absolute Gasteiger partial charge is 0.0328 e. The third kappa shape index (κ3) is 4.88. The van der Waals surface area contributed by atoms with Gasteiger partial charge in [-0.15, -0.1) is 23.7 Å². The lowest BCUT2D eigenvalue weighted by Crippen LogP contribution is -2.33. The van der Waals surface area contributed by atoms with E-state index in [-0.39, 0.29) is 12.4 Å². The van der Waals surface area contributed by atoms with Crippen molar-refractivity contribution in [3.05, 3.63) is 21.9 Å². The molecule has 2 heterocycles. The third-order valence-corrected chi connectivity index (χ3v) is 4.67. The molecular weight excluding hydrogens is 264 g/mol. The Bertz CT molecular complexity index is 332. The molecule has 1 aliphatic heterocycles. The molecule has 18 heavy (non-hydrogen) atoms. The van der Waals surface area contributed by atoms with E-state index in [0.29, 0.717) is 0 Å². The van der Waals surface area contributed by atoms with Crippen LogP contribution in [0, 0.1) is 12.8 Å². The van der Waals surface area contributed by atoms with Crippen molar-refractivity contribution in [1.82, 2.24) is 10.2 Å². The summed E-state index contributed by atoms with van der Waals surface area (Å²) in [5.74, 6) is 0.948. The van der Waals surface area contributed by atoms with Gasteiger partial charge in [0.05, 0.1) is 0 Å². The number of likely N-dealkylation sites (tertiary alicyclic amines) is 1. The second-order valence-corrected chi connectivity index (χ2v) is 6.50. The van der Waals surface area contributed by atoms with Gasteiger partial charge in [-0.25, -0.2) is 0 Å². The average Bonchev–Trinajstić information content (AvgIpc) is 2.74. The Kier molecular flexibility index (Phi) is 7.23. The highest BCUT2D eigenvalue weighted by molar-refractivity contribution is 7.11. The fourth-order valence-electron chi connectivity index (χ4n) is 2.57. The van der Waals surface area contributed by atoms with Gasteiger partial charge in [0, 0.05) is 16.3 Å². The molecular formula is C14H25ClN2S. The van der Waals surface area contributed by atoms with Crippen molar-refractivity contribution in [1.29, 1.82) is 0 Å². The lowest BCUT2D eigenvalue weighted by Gasteiger charge is -2.31. The van der Waals surface area contributed by atoms with Gasteiger partial charge in [0.25, 0.3) is 0 Å². The van der Waals surface area contributed by atoms with E-state index in [9.17, 15) is 0 Å². The maximum Gasteiger partial charge on any atom is 0.0328 e. The summed E-state index contributed by atoms with van der Waals surface area (Å²) in [6.45, 7) is 7.10. The van der Waals surface area contributed by atoms with Gasteiger partial charge in [-0.3, -0.25) is 4.90 Å². The molecule has 1 aromatic rings. The van der Waals surface area contributed by atoms with Crippen molar-refractivity contribution in [2.75, 3.05) is 26.7 Å². The third-order valence-electron chi connectivity index (χ3n) is 3.69. The first-order chi connectivity index (χ1) is 8.28. The summed E-state index contributed by atoms with van der Waals surface area (Å²) in [5, 5.41) is 3.26. The Balaban J connectivity index is 0.00000162. The van der Waals surface area contributed by atoms with Crippen LogP contribution in [0.4, 0.5) is 0 Å². The predicted octanol–water partition coefficient (Wildman–Crippen LogP) is 3.30. The summed E-state index contributed by atoms with van der Waals surface area (Å²) in [5.41, 5.74) is 0. The van der Waals surface area contributed by atoms with E-state index in [1.807, 2.05) is 18.4 Å². The van der Waals surface area contributed by atoms with Crippen molar-refractivity contribution >= 4 is 23.7 Å². The highest BCUT2D eigenvalue weighted by Crippen LogP contribution is 2.23. The zero-order valence-corrected chi connectivity index (χ0v) is 13.1. The van der Waals surface area contributed by atoms with Crippen LogP contribution in [-0.2, 0) is 6.54 Å². The number of nitrogens with zero attached hydrogens (tertiary/aromatic N) is 1. The first-order valence-electron chi connectivity index (χ1n) is 6.70. The summed E-state index contributed by atoms with van der Waals surface area (Å²) in [6.07, 6.45) is 4.11. The fraction of sp³-hybridized carbons (Fsp3) is 0.714. The molecule has 0 aliphatic carbocycles. The molecule has 2 nitrogen and oxygen atoms in total. The minimum absolute atomic E-state index is 0. The van der Waals surface area contributed by atoms with Gasteiger partial charge in [-0.05, 0) is 70.9 Å². The highest BCUT2D eigenvalue weighted by atomic mass is 35.5. The molecule has 0 aromatic carbocycles. The van der Waals surface area contributed by atoms with Crippen LogP contribution < -0.4 is 5.32 Å². The molecule has 0 unspecified atom stereocenters. The number of hydrogen-bond acceptors (Lipinski definition) is 3. The Labute approximate surface area is 121 Å². The normalized spacial score (nSPS) is 17.7. The minimum Gasteiger partial charge on any atom is -0.320 e. The van der Waals surface area contributed by atoms with Gasteiger partial charge in [0.1, 0.15) is 0 Å². The quantitative estimate of drug-likeness (QED) is 0.894. The van der Waals surface area contributed by atoms with Crippen LogP contribution in [0.2, 0.25) is 0 Å². The van der Waals surface area contributed by atoms with E-state index >= 15 is 0 Å². The molecule has 1 aromatic heterocycles. The molecule has 0 atom stereocenters. The molecule has 0 amide bonds. The van der Waals surface area contributed by atoms with Crippen LogP contribution >= 0.6 is 23.7 Å². The molecule has 1 aliphatic rings. The molecule has 1 saturated heterocycles. The maximum absolute atomic E-state index is 3.26. The molecule has 104 valence electrons. The van der Waals surface area contributed by atoms with Crippen molar-refractivity contribution in [3.63, 3.8) is 0 Å². The van der Waals surface area contributed by atoms with Crippen molar-refractivity contribution in [2.45, 2.75) is 32.7 Å². The standard InChI is InChI=1S/C14H24N2S.ClH/c1-12-3-4-14(17-12)11-16-9-6-13(7-10-16)5-8-15-2;/h3-4,13,15H,5-11H2,1-2H3;1H. The number of halogens is 1. The van der Waals surface area contributed by atoms with E-state index in [1.54, 1.807) is 0 Å². The van der Waals surface area contributed by atoms with Crippen LogP contribution in [-0.4, -0.2) is 31.6 Å². The van der Waals surface area contributed by atoms with Gasteiger partial charge < -0.3 is 5.32 Å². The lowest BCUT2D eigenvalue weighted by atomic mass is 9.93. The van der Waals surface area contributed by atoms with Gasteiger partial charge in [0.15, 0.2) is 0 Å². The van der Waals surface area contributed by atoms with Crippen molar-refractivity contribution < 1.29 is 0 Å². The molecule has 1 N–H and O–H groups in total. The summed E-state index contributed by atoms with van der Waals surface area (Å²) in [6, 6.07) is 4.52. The summed E-state index contributed by atoms with van der Waals surface area (Å²) in [4.78, 5) is 5.57. The maximum atomic E-state index is 3.26. The predicted molar refractivity (Wildman–Crippen MR) is 82.8 cm³/mol. The summed E-state index contributed by atoms with van der Waals surface area (Å²) >= 11 is 1.94. The van der Waals surface area contributed by atoms with E-state index in [1.165, 1.54) is 48.7 Å². The van der Waals surface area contributed by atoms with Crippen LogP contribution in [0.25, 0.3) is 0 Å². The lowest BCUT2D eigenvalue weighted by molar-refractivity contribution is 0.173. The molecule has 0 spiro atoms. The van der Waals surface area contributed by atoms with Crippen LogP contribution in [0.15, 0.2) is 12.1 Å². The molecule has 1 fully saturated rings. The molecule has 0 radical (unpaired) electrons. The first kappa shape index (κ1) is 16.0. The zero-order chi connectivity index (χ0) is 12.1. The van der Waals surface area contributed by atoms with E-state index in [2.05, 4.69) is 29.3 Å². The van der Waals surface area contributed by atoms with E-state index < -0.39 is 0 Å².